The highest BCUT2D eigenvalue weighted by Crippen LogP contribution is 2.27. The molecule has 0 aromatic rings. The summed E-state index contributed by atoms with van der Waals surface area (Å²) in [5.41, 5.74) is 7.82. The number of fused-ring (bicyclic) bond motifs is 4. The van der Waals surface area contributed by atoms with Gasteiger partial charge in [0.25, 0.3) is 0 Å². The minimum atomic E-state index is 0.618. The Morgan fingerprint density at radius 3 is 0.406 bits per heavy atom. The van der Waals surface area contributed by atoms with Crippen molar-refractivity contribution >= 4 is 46.7 Å². The molecule has 0 saturated heterocycles. The topological polar surface area (TPSA) is 98.9 Å². The van der Waals surface area contributed by atoms with E-state index in [1.54, 1.807) is 0 Å². The van der Waals surface area contributed by atoms with E-state index in [4.69, 9.17) is 39.9 Å². The van der Waals surface area contributed by atoms with E-state index < -0.39 is 0 Å². The van der Waals surface area contributed by atoms with E-state index in [9.17, 15) is 0 Å². The Kier molecular flexibility index (Phi) is 4.37. The molecule has 5 heterocycles. The van der Waals surface area contributed by atoms with E-state index in [1.165, 1.54) is 0 Å². The third-order valence-electron chi connectivity index (χ3n) is 6.63. The Hall–Kier alpha value is -3.68. The van der Waals surface area contributed by atoms with Gasteiger partial charge in [0.1, 0.15) is 0 Å². The Labute approximate surface area is 187 Å². The maximum absolute atomic E-state index is 4.77. The van der Waals surface area contributed by atoms with Gasteiger partial charge in [-0.1, -0.05) is 0 Å². The van der Waals surface area contributed by atoms with Gasteiger partial charge in [-0.2, -0.15) is 0 Å². The standard InChI is InChI=1S/C24H24N8/c1-9-10(2)18-25-17(9)29-19-11(3)12(4)21(26-19)31-23-15(7)16(8)24(28-23)32-22-14(6)13(5)20(27-22)30-18/h1-8H3/b29-17-,29-19?,30-18?,30-20-,31-21-,31-23?,32-22?,32-24-. The Balaban J connectivity index is 1.79. The molecule has 8 heteroatoms. The van der Waals surface area contributed by atoms with Crippen LogP contribution in [0.5, 0.6) is 0 Å². The summed E-state index contributed by atoms with van der Waals surface area (Å²) in [5, 5.41) is 0. The first-order valence-electron chi connectivity index (χ1n) is 10.6. The van der Waals surface area contributed by atoms with Crippen LogP contribution in [0.2, 0.25) is 0 Å². The zero-order chi connectivity index (χ0) is 22.9. The molecule has 0 N–H and O–H groups in total. The molecule has 0 spiro atoms. The van der Waals surface area contributed by atoms with Crippen LogP contribution in [0.4, 0.5) is 0 Å². The fourth-order valence-electron chi connectivity index (χ4n) is 3.69. The summed E-state index contributed by atoms with van der Waals surface area (Å²) in [6.45, 7) is 16.0. The van der Waals surface area contributed by atoms with Gasteiger partial charge in [-0.05, 0) is 55.4 Å². The summed E-state index contributed by atoms with van der Waals surface area (Å²) in [6, 6.07) is 0. The molecule has 0 unspecified atom stereocenters. The lowest BCUT2D eigenvalue weighted by atomic mass is 10.1. The summed E-state index contributed by atoms with van der Waals surface area (Å²) in [5.74, 6) is 4.94. The van der Waals surface area contributed by atoms with Crippen molar-refractivity contribution in [1.82, 2.24) is 0 Å². The number of hydrogen-bond acceptors (Lipinski definition) is 8. The number of rotatable bonds is 0. The maximum Gasteiger partial charge on any atom is 0.160 e. The lowest BCUT2D eigenvalue weighted by Crippen LogP contribution is -2.02. The Morgan fingerprint density at radius 1 is 0.219 bits per heavy atom. The highest BCUT2D eigenvalue weighted by atomic mass is 15.1. The minimum Gasteiger partial charge on any atom is -0.209 e. The summed E-state index contributed by atoms with van der Waals surface area (Å²) >= 11 is 0. The molecule has 0 aromatic carbocycles. The average Bonchev–Trinajstić information content (AvgIpc) is 3.37. The van der Waals surface area contributed by atoms with Crippen LogP contribution >= 0.6 is 0 Å². The molecular formula is C24H24N8. The fourth-order valence-corrected chi connectivity index (χ4v) is 3.69. The summed E-state index contributed by atoms with van der Waals surface area (Å²) in [7, 11) is 0. The van der Waals surface area contributed by atoms with Crippen LogP contribution in [0.25, 0.3) is 0 Å². The quantitative estimate of drug-likeness (QED) is 0.543. The Morgan fingerprint density at radius 2 is 0.312 bits per heavy atom. The molecule has 160 valence electrons. The molecule has 5 rings (SSSR count). The zero-order valence-corrected chi connectivity index (χ0v) is 19.6. The molecule has 0 amide bonds. The number of hydrogen-bond donors (Lipinski definition) is 0. The number of aliphatic imine (C=N–C) groups is 8. The van der Waals surface area contributed by atoms with Crippen molar-refractivity contribution in [3.8, 4) is 0 Å². The van der Waals surface area contributed by atoms with E-state index in [0.717, 1.165) is 44.6 Å². The van der Waals surface area contributed by atoms with Crippen LogP contribution in [-0.4, -0.2) is 46.7 Å². The molecule has 0 aromatic heterocycles. The lowest BCUT2D eigenvalue weighted by Gasteiger charge is -1.99. The van der Waals surface area contributed by atoms with Crippen molar-refractivity contribution < 1.29 is 0 Å². The number of nitrogens with zero attached hydrogens (tertiary/aromatic N) is 8. The predicted octanol–water partition coefficient (Wildman–Crippen LogP) is 4.59. The van der Waals surface area contributed by atoms with Crippen LogP contribution in [0, 0.1) is 0 Å². The van der Waals surface area contributed by atoms with E-state index in [2.05, 4.69) is 0 Å². The van der Waals surface area contributed by atoms with Gasteiger partial charge in [0, 0.05) is 44.6 Å². The molecule has 5 aliphatic rings. The normalized spacial score (nSPS) is 29.2. The molecule has 32 heavy (non-hydrogen) atoms. The summed E-state index contributed by atoms with van der Waals surface area (Å²) in [4.78, 5) is 37.9. The largest absolute Gasteiger partial charge is 0.209 e. The third-order valence-corrected chi connectivity index (χ3v) is 6.63. The minimum absolute atomic E-state index is 0.618. The van der Waals surface area contributed by atoms with Gasteiger partial charge in [0.15, 0.2) is 46.7 Å². The first-order chi connectivity index (χ1) is 15.2. The summed E-state index contributed by atoms with van der Waals surface area (Å²) in [6.07, 6.45) is 0. The van der Waals surface area contributed by atoms with Crippen molar-refractivity contribution in [3.05, 3.63) is 44.6 Å². The van der Waals surface area contributed by atoms with Gasteiger partial charge in [0.2, 0.25) is 0 Å². The van der Waals surface area contributed by atoms with Crippen molar-refractivity contribution in [2.24, 2.45) is 39.9 Å². The van der Waals surface area contributed by atoms with Gasteiger partial charge < -0.3 is 0 Å². The Bertz CT molecular complexity index is 1170. The second-order valence-electron chi connectivity index (χ2n) is 8.48. The van der Waals surface area contributed by atoms with Crippen molar-refractivity contribution in [3.63, 3.8) is 0 Å². The lowest BCUT2D eigenvalue weighted by molar-refractivity contribution is 1.42. The average molecular weight is 425 g/mol. The van der Waals surface area contributed by atoms with Crippen molar-refractivity contribution in [1.29, 1.82) is 0 Å². The summed E-state index contributed by atoms with van der Waals surface area (Å²) < 4.78 is 0. The fraction of sp³-hybridized carbons (Fsp3) is 0.333. The molecule has 5 aliphatic heterocycles. The first-order valence-corrected chi connectivity index (χ1v) is 10.6. The molecule has 8 bridgehead atoms. The molecule has 8 nitrogen and oxygen atoms in total. The second kappa shape index (κ2) is 6.91. The second-order valence-corrected chi connectivity index (χ2v) is 8.48. The van der Waals surface area contributed by atoms with Crippen molar-refractivity contribution in [2.75, 3.05) is 0 Å². The SMILES string of the molecule is CC1=C(C)/C2=N/C3=NC(=N\C4=NC(=N\C5=NC(=N\C1=N2)/C(C)=C5C)/C(C)=C4C)/C(C)=C3C. The van der Waals surface area contributed by atoms with Gasteiger partial charge >= 0.3 is 0 Å². The first kappa shape index (κ1) is 20.2. The van der Waals surface area contributed by atoms with Crippen LogP contribution in [0.3, 0.4) is 0 Å². The molecule has 0 saturated carbocycles. The molecule has 0 atom stereocenters. The van der Waals surface area contributed by atoms with Crippen LogP contribution < -0.4 is 0 Å². The van der Waals surface area contributed by atoms with E-state index >= 15 is 0 Å². The van der Waals surface area contributed by atoms with Gasteiger partial charge in [0.05, 0.1) is 0 Å². The van der Waals surface area contributed by atoms with Gasteiger partial charge in [-0.15, -0.1) is 0 Å². The highest BCUT2D eigenvalue weighted by molar-refractivity contribution is 6.33. The monoisotopic (exact) mass is 424 g/mol. The molecule has 0 fully saturated rings. The van der Waals surface area contributed by atoms with Gasteiger partial charge in [-0.3, -0.25) is 0 Å². The zero-order valence-electron chi connectivity index (χ0n) is 19.6. The third kappa shape index (κ3) is 2.90. The smallest absolute Gasteiger partial charge is 0.160 e. The van der Waals surface area contributed by atoms with Crippen LogP contribution in [0.15, 0.2) is 84.5 Å². The molecular weight excluding hydrogens is 400 g/mol. The van der Waals surface area contributed by atoms with Crippen LogP contribution in [-0.2, 0) is 0 Å². The van der Waals surface area contributed by atoms with E-state index in [0.29, 0.717) is 46.7 Å². The van der Waals surface area contributed by atoms with E-state index in [1.807, 2.05) is 55.4 Å². The number of amidine groups is 8. The molecule has 0 radical (unpaired) electrons. The van der Waals surface area contributed by atoms with Crippen molar-refractivity contribution in [2.45, 2.75) is 55.4 Å². The van der Waals surface area contributed by atoms with Crippen LogP contribution in [0.1, 0.15) is 55.4 Å². The predicted molar refractivity (Wildman–Crippen MR) is 133 cm³/mol. The maximum atomic E-state index is 4.77. The molecule has 0 aliphatic carbocycles. The highest BCUT2D eigenvalue weighted by Gasteiger charge is 2.28. The van der Waals surface area contributed by atoms with E-state index in [-0.39, 0.29) is 0 Å². The van der Waals surface area contributed by atoms with Gasteiger partial charge in [-0.25, -0.2) is 39.9 Å².